The quantitative estimate of drug-likeness (QED) is 0.643. The van der Waals surface area contributed by atoms with Crippen LogP contribution in [0.4, 0.5) is 4.39 Å². The molecule has 22 heavy (non-hydrogen) atoms. The van der Waals surface area contributed by atoms with Gasteiger partial charge in [0.15, 0.2) is 5.82 Å². The van der Waals surface area contributed by atoms with Gasteiger partial charge in [0.2, 0.25) is 0 Å². The van der Waals surface area contributed by atoms with Gasteiger partial charge in [-0.25, -0.2) is 14.2 Å². The van der Waals surface area contributed by atoms with Crippen LogP contribution in [0.2, 0.25) is 0 Å². The van der Waals surface area contributed by atoms with Gasteiger partial charge in [-0.05, 0) is 25.0 Å². The summed E-state index contributed by atoms with van der Waals surface area (Å²) in [5, 5.41) is 9.94. The molecule has 1 unspecified atom stereocenters. The summed E-state index contributed by atoms with van der Waals surface area (Å²) in [4.78, 5) is 15.4. The van der Waals surface area contributed by atoms with Crippen LogP contribution in [0.15, 0.2) is 12.1 Å². The van der Waals surface area contributed by atoms with Crippen LogP contribution in [0.5, 0.6) is 0 Å². The molecule has 0 radical (unpaired) electrons. The van der Waals surface area contributed by atoms with Gasteiger partial charge in [-0.2, -0.15) is 0 Å². The molecule has 2 aromatic rings. The normalized spacial score (nSPS) is 12.7. The molecule has 1 aromatic carbocycles. The van der Waals surface area contributed by atoms with Crippen molar-refractivity contribution in [3.05, 3.63) is 28.5 Å². The molecule has 0 saturated carbocycles. The molecule has 1 aromatic heterocycles. The fourth-order valence-electron chi connectivity index (χ4n) is 2.62. The van der Waals surface area contributed by atoms with Crippen LogP contribution in [0.3, 0.4) is 0 Å². The summed E-state index contributed by atoms with van der Waals surface area (Å²) >= 11 is 1.43. The molecule has 1 atom stereocenters. The van der Waals surface area contributed by atoms with Crippen molar-refractivity contribution in [2.45, 2.75) is 58.3 Å². The molecule has 1 heterocycles. The number of benzene rings is 1. The molecule has 2 rings (SSSR count). The van der Waals surface area contributed by atoms with Gasteiger partial charge >= 0.3 is 5.97 Å². The Labute approximate surface area is 134 Å². The predicted molar refractivity (Wildman–Crippen MR) is 88.3 cm³/mol. The standard InChI is InChI=1S/C17H22FNO2S/c1-3-5-6-7-8-11(4-2)16-19-15-13(18)9-12(17(20)21)10-14(15)22-16/h9-11H,3-8H2,1-2H3,(H,20,21). The van der Waals surface area contributed by atoms with Crippen LogP contribution in [0.25, 0.3) is 10.2 Å². The number of hydrogen-bond donors (Lipinski definition) is 1. The minimum Gasteiger partial charge on any atom is -0.478 e. The topological polar surface area (TPSA) is 50.2 Å². The van der Waals surface area contributed by atoms with E-state index in [1.807, 2.05) is 0 Å². The van der Waals surface area contributed by atoms with Gasteiger partial charge in [0.1, 0.15) is 5.52 Å². The predicted octanol–water partition coefficient (Wildman–Crippen LogP) is 5.60. The molecular weight excluding hydrogens is 301 g/mol. The maximum atomic E-state index is 14.0. The van der Waals surface area contributed by atoms with Crippen LogP contribution >= 0.6 is 11.3 Å². The summed E-state index contributed by atoms with van der Waals surface area (Å²) in [5.74, 6) is -1.32. The van der Waals surface area contributed by atoms with Gasteiger partial charge in [0.25, 0.3) is 0 Å². The van der Waals surface area contributed by atoms with Crippen molar-refractivity contribution >= 4 is 27.5 Å². The second-order valence-electron chi connectivity index (χ2n) is 5.62. The zero-order valence-electron chi connectivity index (χ0n) is 13.1. The Kier molecular flexibility index (Phi) is 5.89. The highest BCUT2D eigenvalue weighted by Gasteiger charge is 2.18. The number of halogens is 1. The van der Waals surface area contributed by atoms with Crippen molar-refractivity contribution in [3.8, 4) is 0 Å². The molecule has 0 aliphatic heterocycles. The van der Waals surface area contributed by atoms with Crippen molar-refractivity contribution in [2.24, 2.45) is 0 Å². The molecular formula is C17H22FNO2S. The van der Waals surface area contributed by atoms with Gasteiger partial charge in [-0.1, -0.05) is 39.5 Å². The van der Waals surface area contributed by atoms with E-state index in [-0.39, 0.29) is 5.56 Å². The van der Waals surface area contributed by atoms with Gasteiger partial charge in [-0.3, -0.25) is 0 Å². The summed E-state index contributed by atoms with van der Waals surface area (Å²) in [6.07, 6.45) is 6.86. The van der Waals surface area contributed by atoms with E-state index < -0.39 is 11.8 Å². The third-order valence-electron chi connectivity index (χ3n) is 3.96. The number of carboxylic acids is 1. The van der Waals surface area contributed by atoms with Crippen molar-refractivity contribution in [1.82, 2.24) is 4.98 Å². The van der Waals surface area contributed by atoms with E-state index in [4.69, 9.17) is 5.11 Å². The number of carbonyl (C=O) groups is 1. The number of hydrogen-bond acceptors (Lipinski definition) is 3. The fourth-order valence-corrected chi connectivity index (χ4v) is 3.86. The van der Waals surface area contributed by atoms with Gasteiger partial charge in [-0.15, -0.1) is 11.3 Å². The lowest BCUT2D eigenvalue weighted by Gasteiger charge is -2.11. The number of carboxylic acid groups (broad SMARTS) is 1. The number of nitrogens with zero attached hydrogens (tertiary/aromatic N) is 1. The summed E-state index contributed by atoms with van der Waals surface area (Å²) in [5.41, 5.74) is 0.285. The van der Waals surface area contributed by atoms with E-state index in [9.17, 15) is 9.18 Å². The zero-order chi connectivity index (χ0) is 16.1. The first-order chi connectivity index (χ1) is 10.6. The summed E-state index contributed by atoms with van der Waals surface area (Å²) in [6.45, 7) is 4.31. The number of fused-ring (bicyclic) bond motifs is 1. The monoisotopic (exact) mass is 323 g/mol. The van der Waals surface area contributed by atoms with Crippen LogP contribution in [0.1, 0.15) is 73.7 Å². The Morgan fingerprint density at radius 3 is 2.73 bits per heavy atom. The van der Waals surface area contributed by atoms with E-state index in [0.29, 0.717) is 16.1 Å². The number of thiazole rings is 1. The van der Waals surface area contributed by atoms with E-state index in [1.165, 1.54) is 36.7 Å². The lowest BCUT2D eigenvalue weighted by Crippen LogP contribution is -1.97. The highest BCUT2D eigenvalue weighted by molar-refractivity contribution is 7.18. The second-order valence-corrected chi connectivity index (χ2v) is 6.68. The van der Waals surface area contributed by atoms with Crippen LogP contribution < -0.4 is 0 Å². The maximum absolute atomic E-state index is 14.0. The first-order valence-corrected chi connectivity index (χ1v) is 8.71. The molecule has 0 aliphatic carbocycles. The maximum Gasteiger partial charge on any atom is 0.335 e. The Balaban J connectivity index is 2.23. The van der Waals surface area contributed by atoms with E-state index in [2.05, 4.69) is 18.8 Å². The number of unbranched alkanes of at least 4 members (excludes halogenated alkanes) is 3. The molecule has 5 heteroatoms. The lowest BCUT2D eigenvalue weighted by molar-refractivity contribution is 0.0696. The third-order valence-corrected chi connectivity index (χ3v) is 5.12. The molecule has 120 valence electrons. The summed E-state index contributed by atoms with van der Waals surface area (Å²) in [7, 11) is 0. The smallest absolute Gasteiger partial charge is 0.335 e. The number of aromatic carboxylic acids is 1. The largest absolute Gasteiger partial charge is 0.478 e. The minimum atomic E-state index is -1.11. The van der Waals surface area contributed by atoms with Crippen molar-refractivity contribution in [3.63, 3.8) is 0 Å². The summed E-state index contributed by atoms with van der Waals surface area (Å²) in [6, 6.07) is 2.57. The lowest BCUT2D eigenvalue weighted by atomic mass is 9.99. The number of rotatable bonds is 8. The molecule has 1 N–H and O–H groups in total. The first kappa shape index (κ1) is 16.9. The van der Waals surface area contributed by atoms with E-state index in [0.717, 1.165) is 30.3 Å². The average molecular weight is 323 g/mol. The van der Waals surface area contributed by atoms with Crippen molar-refractivity contribution in [1.29, 1.82) is 0 Å². The van der Waals surface area contributed by atoms with E-state index in [1.54, 1.807) is 0 Å². The van der Waals surface area contributed by atoms with Gasteiger partial charge in [0, 0.05) is 5.92 Å². The minimum absolute atomic E-state index is 0.0174. The van der Waals surface area contributed by atoms with Crippen LogP contribution in [0, 0.1) is 5.82 Å². The van der Waals surface area contributed by atoms with Gasteiger partial charge < -0.3 is 5.11 Å². The average Bonchev–Trinajstić information content (AvgIpc) is 2.91. The number of aromatic nitrogens is 1. The third kappa shape index (κ3) is 3.83. The fraction of sp³-hybridized carbons (Fsp3) is 0.529. The first-order valence-electron chi connectivity index (χ1n) is 7.90. The Morgan fingerprint density at radius 2 is 2.09 bits per heavy atom. The highest BCUT2D eigenvalue weighted by Crippen LogP contribution is 2.34. The van der Waals surface area contributed by atoms with Gasteiger partial charge in [0.05, 0.1) is 15.3 Å². The molecule has 0 fully saturated rings. The SMILES string of the molecule is CCCCCCC(CC)c1nc2c(F)cc(C(=O)O)cc2s1. The Hall–Kier alpha value is -1.49. The molecule has 0 bridgehead atoms. The van der Waals surface area contributed by atoms with E-state index >= 15 is 0 Å². The second kappa shape index (κ2) is 7.68. The summed E-state index contributed by atoms with van der Waals surface area (Å²) < 4.78 is 14.6. The van der Waals surface area contributed by atoms with Crippen LogP contribution in [-0.4, -0.2) is 16.1 Å². The molecule has 0 aliphatic rings. The van der Waals surface area contributed by atoms with Crippen LogP contribution in [-0.2, 0) is 0 Å². The Morgan fingerprint density at radius 1 is 1.32 bits per heavy atom. The van der Waals surface area contributed by atoms with Crippen molar-refractivity contribution < 1.29 is 14.3 Å². The van der Waals surface area contributed by atoms with Crippen molar-refractivity contribution in [2.75, 3.05) is 0 Å². The Bertz CT molecular complexity index is 653. The highest BCUT2D eigenvalue weighted by atomic mass is 32.1. The molecule has 0 saturated heterocycles. The zero-order valence-corrected chi connectivity index (χ0v) is 13.9. The molecule has 0 spiro atoms. The molecule has 3 nitrogen and oxygen atoms in total. The molecule has 0 amide bonds.